The molecule has 3 aromatic carbocycles. The normalized spacial score (nSPS) is 12.0. The van der Waals surface area contributed by atoms with Crippen molar-refractivity contribution in [3.8, 4) is 5.75 Å². The van der Waals surface area contributed by atoms with Gasteiger partial charge in [-0.2, -0.15) is 0 Å². The molecule has 1 unspecified atom stereocenters. The van der Waals surface area contributed by atoms with Crippen molar-refractivity contribution < 1.29 is 9.53 Å². The van der Waals surface area contributed by atoms with E-state index in [4.69, 9.17) is 16.3 Å². The Bertz CT molecular complexity index is 892. The number of rotatable bonds is 4. The van der Waals surface area contributed by atoms with Gasteiger partial charge in [-0.05, 0) is 52.5 Å². The van der Waals surface area contributed by atoms with E-state index in [1.807, 2.05) is 42.5 Å². The number of hydrogen-bond donors (Lipinski definition) is 1. The molecule has 0 saturated heterocycles. The highest BCUT2D eigenvalue weighted by molar-refractivity contribution is 9.10. The number of ether oxygens (including phenoxy) is 1. The summed E-state index contributed by atoms with van der Waals surface area (Å²) >= 11 is 9.36. The van der Waals surface area contributed by atoms with E-state index in [0.717, 1.165) is 15.2 Å². The van der Waals surface area contributed by atoms with E-state index in [1.54, 1.807) is 25.1 Å². The number of amides is 1. The molecular weight excluding hydrogens is 390 g/mol. The molecule has 0 spiro atoms. The summed E-state index contributed by atoms with van der Waals surface area (Å²) in [6, 6.07) is 18.9. The van der Waals surface area contributed by atoms with Gasteiger partial charge in [0.25, 0.3) is 5.91 Å². The monoisotopic (exact) mass is 403 g/mol. The van der Waals surface area contributed by atoms with Crippen molar-refractivity contribution in [3.63, 3.8) is 0 Å². The second-order valence-electron chi connectivity index (χ2n) is 5.36. The Morgan fingerprint density at radius 2 is 1.88 bits per heavy atom. The number of fused-ring (bicyclic) bond motifs is 1. The average Bonchev–Trinajstić information content (AvgIpc) is 2.58. The average molecular weight is 405 g/mol. The Morgan fingerprint density at radius 3 is 2.67 bits per heavy atom. The van der Waals surface area contributed by atoms with E-state index in [0.29, 0.717) is 16.5 Å². The highest BCUT2D eigenvalue weighted by atomic mass is 79.9. The fourth-order valence-corrected chi connectivity index (χ4v) is 2.79. The van der Waals surface area contributed by atoms with Gasteiger partial charge in [-0.25, -0.2) is 0 Å². The summed E-state index contributed by atoms with van der Waals surface area (Å²) < 4.78 is 6.64. The first kappa shape index (κ1) is 16.8. The molecule has 0 aromatic heterocycles. The minimum Gasteiger partial charge on any atom is -0.480 e. The Balaban J connectivity index is 1.75. The van der Waals surface area contributed by atoms with Gasteiger partial charge in [0.1, 0.15) is 5.75 Å². The summed E-state index contributed by atoms with van der Waals surface area (Å²) in [7, 11) is 0. The molecule has 122 valence electrons. The lowest BCUT2D eigenvalue weighted by atomic mass is 10.1. The number of halogens is 2. The molecule has 1 N–H and O–H groups in total. The van der Waals surface area contributed by atoms with Gasteiger partial charge in [-0.3, -0.25) is 4.79 Å². The molecule has 0 aliphatic heterocycles. The van der Waals surface area contributed by atoms with Crippen LogP contribution < -0.4 is 10.1 Å². The molecule has 1 atom stereocenters. The van der Waals surface area contributed by atoms with Gasteiger partial charge in [0.05, 0.1) is 5.02 Å². The molecular formula is C19H15BrClNO2. The van der Waals surface area contributed by atoms with Gasteiger partial charge in [-0.15, -0.1) is 0 Å². The summed E-state index contributed by atoms with van der Waals surface area (Å²) in [6.45, 7) is 1.72. The largest absolute Gasteiger partial charge is 0.480 e. The fraction of sp³-hybridized carbons (Fsp3) is 0.105. The number of nitrogens with one attached hydrogen (secondary N) is 1. The van der Waals surface area contributed by atoms with Crippen molar-refractivity contribution in [1.82, 2.24) is 0 Å². The predicted molar refractivity (Wildman–Crippen MR) is 102 cm³/mol. The third-order valence-corrected chi connectivity index (χ3v) is 4.84. The molecule has 0 aliphatic rings. The van der Waals surface area contributed by atoms with E-state index in [9.17, 15) is 4.79 Å². The van der Waals surface area contributed by atoms with Gasteiger partial charge in [0, 0.05) is 15.5 Å². The molecule has 0 saturated carbocycles. The van der Waals surface area contributed by atoms with Crippen LogP contribution in [0.4, 0.5) is 5.69 Å². The standard InChI is InChI=1S/C19H15BrClNO2/c1-12(19(23)22-14-9-10-16(20)17(21)11-14)24-18-8-4-6-13-5-2-3-7-15(13)18/h2-12H,1H3,(H,22,23). The van der Waals surface area contributed by atoms with E-state index >= 15 is 0 Å². The quantitative estimate of drug-likeness (QED) is 0.609. The molecule has 0 fully saturated rings. The third-order valence-electron chi connectivity index (χ3n) is 3.61. The number of benzene rings is 3. The minimum atomic E-state index is -0.641. The summed E-state index contributed by atoms with van der Waals surface area (Å²) in [4.78, 5) is 12.4. The summed E-state index contributed by atoms with van der Waals surface area (Å²) in [5, 5.41) is 5.40. The van der Waals surface area contributed by atoms with Crippen LogP contribution in [0.15, 0.2) is 65.1 Å². The smallest absolute Gasteiger partial charge is 0.265 e. The maximum absolute atomic E-state index is 12.4. The molecule has 3 aromatic rings. The molecule has 3 nitrogen and oxygen atoms in total. The Labute approximate surface area is 153 Å². The van der Waals surface area contributed by atoms with Gasteiger partial charge < -0.3 is 10.1 Å². The first-order chi connectivity index (χ1) is 11.5. The SMILES string of the molecule is CC(Oc1cccc2ccccc12)C(=O)Nc1ccc(Br)c(Cl)c1. The van der Waals surface area contributed by atoms with Crippen LogP contribution in [0.5, 0.6) is 5.75 Å². The van der Waals surface area contributed by atoms with Gasteiger partial charge in [-0.1, -0.05) is 48.0 Å². The van der Waals surface area contributed by atoms with Crippen molar-refractivity contribution >= 4 is 49.9 Å². The topological polar surface area (TPSA) is 38.3 Å². The van der Waals surface area contributed by atoms with Crippen molar-refractivity contribution in [2.75, 3.05) is 5.32 Å². The number of carbonyl (C=O) groups excluding carboxylic acids is 1. The van der Waals surface area contributed by atoms with Gasteiger partial charge >= 0.3 is 0 Å². The zero-order valence-corrected chi connectivity index (χ0v) is 15.3. The maximum Gasteiger partial charge on any atom is 0.265 e. The molecule has 0 bridgehead atoms. The Morgan fingerprint density at radius 1 is 1.12 bits per heavy atom. The Hall–Kier alpha value is -2.04. The van der Waals surface area contributed by atoms with E-state index in [1.165, 1.54) is 0 Å². The lowest BCUT2D eigenvalue weighted by molar-refractivity contribution is -0.122. The van der Waals surface area contributed by atoms with Crippen LogP contribution in [-0.2, 0) is 4.79 Å². The lowest BCUT2D eigenvalue weighted by Gasteiger charge is -2.16. The number of hydrogen-bond acceptors (Lipinski definition) is 2. The van der Waals surface area contributed by atoms with E-state index in [-0.39, 0.29) is 5.91 Å². The zero-order valence-electron chi connectivity index (χ0n) is 12.9. The summed E-state index contributed by atoms with van der Waals surface area (Å²) in [5.41, 5.74) is 0.626. The van der Waals surface area contributed by atoms with Crippen LogP contribution in [0.3, 0.4) is 0 Å². The Kier molecular flexibility index (Phi) is 5.07. The summed E-state index contributed by atoms with van der Waals surface area (Å²) in [6.07, 6.45) is -0.641. The second-order valence-corrected chi connectivity index (χ2v) is 6.62. The van der Waals surface area contributed by atoms with Crippen molar-refractivity contribution in [3.05, 3.63) is 70.2 Å². The molecule has 24 heavy (non-hydrogen) atoms. The van der Waals surface area contributed by atoms with Crippen LogP contribution in [-0.4, -0.2) is 12.0 Å². The molecule has 1 amide bonds. The first-order valence-corrected chi connectivity index (χ1v) is 8.62. The van der Waals surface area contributed by atoms with Crippen molar-refractivity contribution in [2.45, 2.75) is 13.0 Å². The molecule has 0 heterocycles. The van der Waals surface area contributed by atoms with Crippen LogP contribution in [0.2, 0.25) is 5.02 Å². The van der Waals surface area contributed by atoms with Crippen LogP contribution in [0, 0.1) is 0 Å². The number of carbonyl (C=O) groups is 1. The van der Waals surface area contributed by atoms with E-state index in [2.05, 4.69) is 21.2 Å². The molecule has 0 radical (unpaired) electrons. The highest BCUT2D eigenvalue weighted by Gasteiger charge is 2.16. The third kappa shape index (κ3) is 3.71. The first-order valence-electron chi connectivity index (χ1n) is 7.45. The molecule has 5 heteroatoms. The number of anilines is 1. The fourth-order valence-electron chi connectivity index (χ4n) is 2.36. The maximum atomic E-state index is 12.4. The van der Waals surface area contributed by atoms with E-state index < -0.39 is 6.10 Å². The molecule has 3 rings (SSSR count). The van der Waals surface area contributed by atoms with Crippen molar-refractivity contribution in [2.24, 2.45) is 0 Å². The highest BCUT2D eigenvalue weighted by Crippen LogP contribution is 2.27. The van der Waals surface area contributed by atoms with Crippen LogP contribution in [0.25, 0.3) is 10.8 Å². The van der Waals surface area contributed by atoms with Crippen LogP contribution >= 0.6 is 27.5 Å². The van der Waals surface area contributed by atoms with Crippen molar-refractivity contribution in [1.29, 1.82) is 0 Å². The summed E-state index contributed by atoms with van der Waals surface area (Å²) in [5.74, 6) is 0.450. The molecule has 0 aliphatic carbocycles. The zero-order chi connectivity index (χ0) is 17.1. The minimum absolute atomic E-state index is 0.235. The second kappa shape index (κ2) is 7.24. The van der Waals surface area contributed by atoms with Gasteiger partial charge in [0.2, 0.25) is 0 Å². The van der Waals surface area contributed by atoms with Gasteiger partial charge in [0.15, 0.2) is 6.10 Å². The lowest BCUT2D eigenvalue weighted by Crippen LogP contribution is -2.30. The predicted octanol–water partition coefficient (Wildman–Crippen LogP) is 5.66. The van der Waals surface area contributed by atoms with Crippen LogP contribution in [0.1, 0.15) is 6.92 Å².